The van der Waals surface area contributed by atoms with E-state index in [1.165, 1.54) is 6.42 Å². The Kier molecular flexibility index (Phi) is 8.31. The number of nitrogens with one attached hydrogen (secondary N) is 1. The van der Waals surface area contributed by atoms with Gasteiger partial charge in [0.1, 0.15) is 5.69 Å². The Bertz CT molecular complexity index is 1240. The van der Waals surface area contributed by atoms with Gasteiger partial charge in [-0.2, -0.15) is 5.10 Å². The van der Waals surface area contributed by atoms with E-state index < -0.39 is 11.4 Å². The molecule has 0 unspecified atom stereocenters. The predicted molar refractivity (Wildman–Crippen MR) is 150 cm³/mol. The third kappa shape index (κ3) is 6.09. The van der Waals surface area contributed by atoms with Gasteiger partial charge in [0.05, 0.1) is 17.9 Å². The largest absolute Gasteiger partial charge is 0.462 e. The van der Waals surface area contributed by atoms with Crippen LogP contribution >= 0.6 is 0 Å². The molecule has 3 aliphatic heterocycles. The van der Waals surface area contributed by atoms with Crippen LogP contribution in [0.4, 0.5) is 0 Å². The van der Waals surface area contributed by atoms with Crippen LogP contribution in [0.25, 0.3) is 0 Å². The third-order valence-electron chi connectivity index (χ3n) is 8.63. The minimum absolute atomic E-state index is 0.0163. The summed E-state index contributed by atoms with van der Waals surface area (Å²) >= 11 is 0. The van der Waals surface area contributed by atoms with Crippen LogP contribution in [0.15, 0.2) is 24.3 Å². The summed E-state index contributed by atoms with van der Waals surface area (Å²) in [6.45, 7) is 10.6. The number of aryl methyl sites for hydroxylation is 1. The van der Waals surface area contributed by atoms with E-state index in [1.54, 1.807) is 24.3 Å². The zero-order chi connectivity index (χ0) is 28.3. The van der Waals surface area contributed by atoms with Crippen LogP contribution in [0.3, 0.4) is 0 Å². The van der Waals surface area contributed by atoms with Crippen LogP contribution in [-0.2, 0) is 28.9 Å². The SMILES string of the molecule is CCn1nc(CC(C)(C)COC(=O)c2ccc(C(=O)N3CCCCC3)cc2)c2c1C(=O)NCC1(CCOCC1)C2. The average Bonchev–Trinajstić information content (AvgIpc) is 3.23. The van der Waals surface area contributed by atoms with Crippen molar-refractivity contribution in [1.82, 2.24) is 20.0 Å². The molecule has 1 N–H and O–H groups in total. The van der Waals surface area contributed by atoms with Crippen LogP contribution in [0.1, 0.15) is 95.3 Å². The number of rotatable bonds is 7. The first-order valence-corrected chi connectivity index (χ1v) is 14.7. The minimum Gasteiger partial charge on any atom is -0.462 e. The Morgan fingerprint density at radius 3 is 2.42 bits per heavy atom. The highest BCUT2D eigenvalue weighted by molar-refractivity contribution is 5.96. The highest BCUT2D eigenvalue weighted by atomic mass is 16.5. The van der Waals surface area contributed by atoms with E-state index in [2.05, 4.69) is 19.2 Å². The molecule has 2 amide bonds. The van der Waals surface area contributed by atoms with Crippen molar-refractivity contribution in [2.24, 2.45) is 10.8 Å². The number of hydrogen-bond donors (Lipinski definition) is 1. The molecule has 0 aliphatic carbocycles. The fourth-order valence-electron chi connectivity index (χ4n) is 6.18. The lowest BCUT2D eigenvalue weighted by atomic mass is 9.74. The normalized spacial score (nSPS) is 19.1. The van der Waals surface area contributed by atoms with Gasteiger partial charge >= 0.3 is 5.97 Å². The summed E-state index contributed by atoms with van der Waals surface area (Å²) in [7, 11) is 0. The van der Waals surface area contributed by atoms with Crippen LogP contribution in [0, 0.1) is 10.8 Å². The summed E-state index contributed by atoms with van der Waals surface area (Å²) in [4.78, 5) is 40.7. The lowest BCUT2D eigenvalue weighted by molar-refractivity contribution is 0.0159. The number of carbonyl (C=O) groups excluding carboxylic acids is 3. The summed E-state index contributed by atoms with van der Waals surface area (Å²) in [6.07, 6.45) is 6.43. The molecule has 0 radical (unpaired) electrons. The number of hydrogen-bond acceptors (Lipinski definition) is 6. The number of aromatic nitrogens is 2. The summed E-state index contributed by atoms with van der Waals surface area (Å²) in [5.74, 6) is -0.462. The van der Waals surface area contributed by atoms with Crippen molar-refractivity contribution in [2.75, 3.05) is 39.5 Å². The maximum absolute atomic E-state index is 13.1. The van der Waals surface area contributed by atoms with Gasteiger partial charge in [0.25, 0.3) is 11.8 Å². The van der Waals surface area contributed by atoms with E-state index in [9.17, 15) is 14.4 Å². The molecule has 40 heavy (non-hydrogen) atoms. The Labute approximate surface area is 236 Å². The highest BCUT2D eigenvalue weighted by Crippen LogP contribution is 2.39. The molecule has 2 aromatic rings. The molecule has 5 rings (SSSR count). The summed E-state index contributed by atoms with van der Waals surface area (Å²) < 4.78 is 13.2. The molecule has 1 aromatic carbocycles. The molecule has 1 aromatic heterocycles. The summed E-state index contributed by atoms with van der Waals surface area (Å²) in [5.41, 5.74) is 3.19. The van der Waals surface area contributed by atoms with Gasteiger partial charge in [0.15, 0.2) is 0 Å². The molecule has 3 aliphatic rings. The quantitative estimate of drug-likeness (QED) is 0.522. The monoisotopic (exact) mass is 550 g/mol. The van der Waals surface area contributed by atoms with Crippen molar-refractivity contribution in [3.63, 3.8) is 0 Å². The summed E-state index contributed by atoms with van der Waals surface area (Å²) in [6, 6.07) is 6.76. The van der Waals surface area contributed by atoms with E-state index in [4.69, 9.17) is 14.6 Å². The number of amides is 2. The van der Waals surface area contributed by atoms with Crippen molar-refractivity contribution in [1.29, 1.82) is 0 Å². The molecule has 0 saturated carbocycles. The predicted octanol–water partition coefficient (Wildman–Crippen LogP) is 4.04. The molecule has 9 nitrogen and oxygen atoms in total. The van der Waals surface area contributed by atoms with Crippen molar-refractivity contribution in [3.05, 3.63) is 52.3 Å². The van der Waals surface area contributed by atoms with Crippen LogP contribution < -0.4 is 5.32 Å². The Morgan fingerprint density at radius 2 is 1.75 bits per heavy atom. The molecular weight excluding hydrogens is 508 g/mol. The average molecular weight is 551 g/mol. The lowest BCUT2D eigenvalue weighted by Gasteiger charge is -2.36. The number of piperidine rings is 1. The zero-order valence-electron chi connectivity index (χ0n) is 24.1. The standard InChI is InChI=1S/C31H42N4O5/c1-4-35-26-24(18-31(20-32-27(26)36)12-16-39-17-13-31)25(33-35)19-30(2,3)21-40-29(38)23-10-8-22(9-11-23)28(37)34-14-6-5-7-15-34/h8-11H,4-7,12-21H2,1-3H3,(H,32,36). The molecular formula is C31H42N4O5. The Morgan fingerprint density at radius 1 is 1.07 bits per heavy atom. The second-order valence-electron chi connectivity index (χ2n) is 12.4. The van der Waals surface area contributed by atoms with Crippen molar-refractivity contribution in [3.8, 4) is 0 Å². The Balaban J connectivity index is 1.25. The number of nitrogens with zero attached hydrogens (tertiary/aromatic N) is 3. The number of esters is 1. The van der Waals surface area contributed by atoms with Gasteiger partial charge in [0, 0.05) is 62.4 Å². The smallest absolute Gasteiger partial charge is 0.338 e. The van der Waals surface area contributed by atoms with Crippen molar-refractivity contribution in [2.45, 2.75) is 72.3 Å². The zero-order valence-corrected chi connectivity index (χ0v) is 24.1. The first kappa shape index (κ1) is 28.3. The van der Waals surface area contributed by atoms with E-state index in [-0.39, 0.29) is 23.8 Å². The van der Waals surface area contributed by atoms with E-state index in [1.807, 2.05) is 16.5 Å². The maximum atomic E-state index is 13.1. The molecule has 216 valence electrons. The fraction of sp³-hybridized carbons (Fsp3) is 0.613. The highest BCUT2D eigenvalue weighted by Gasteiger charge is 2.40. The fourth-order valence-corrected chi connectivity index (χ4v) is 6.18. The number of benzene rings is 1. The van der Waals surface area contributed by atoms with Gasteiger partial charge < -0.3 is 19.7 Å². The molecule has 2 saturated heterocycles. The van der Waals surface area contributed by atoms with Gasteiger partial charge in [-0.25, -0.2) is 4.79 Å². The number of ether oxygens (including phenoxy) is 2. The second-order valence-corrected chi connectivity index (χ2v) is 12.4. The van der Waals surface area contributed by atoms with Gasteiger partial charge in [-0.1, -0.05) is 13.8 Å². The third-order valence-corrected chi connectivity index (χ3v) is 8.63. The molecule has 9 heteroatoms. The first-order valence-electron chi connectivity index (χ1n) is 14.7. The molecule has 1 spiro atoms. The van der Waals surface area contributed by atoms with E-state index >= 15 is 0 Å². The van der Waals surface area contributed by atoms with Gasteiger partial charge in [-0.05, 0) is 75.1 Å². The number of carbonyl (C=O) groups is 3. The number of fused-ring (bicyclic) bond motifs is 1. The topological polar surface area (TPSA) is 103 Å². The van der Waals surface area contributed by atoms with E-state index in [0.29, 0.717) is 49.5 Å². The van der Waals surface area contributed by atoms with Gasteiger partial charge in [0.2, 0.25) is 0 Å². The van der Waals surface area contributed by atoms with Crippen LogP contribution in [0.5, 0.6) is 0 Å². The maximum Gasteiger partial charge on any atom is 0.338 e. The molecule has 0 bridgehead atoms. The summed E-state index contributed by atoms with van der Waals surface area (Å²) in [5, 5.41) is 8.02. The first-order chi connectivity index (χ1) is 19.2. The van der Waals surface area contributed by atoms with Crippen molar-refractivity contribution < 1.29 is 23.9 Å². The van der Waals surface area contributed by atoms with Gasteiger partial charge in [-0.3, -0.25) is 14.3 Å². The number of likely N-dealkylation sites (tertiary alicyclic amines) is 1. The Hall–Kier alpha value is -3.20. The van der Waals surface area contributed by atoms with Crippen LogP contribution in [0.2, 0.25) is 0 Å². The lowest BCUT2D eigenvalue weighted by Crippen LogP contribution is -2.40. The second kappa shape index (κ2) is 11.7. The van der Waals surface area contributed by atoms with Gasteiger partial charge in [-0.15, -0.1) is 0 Å². The molecule has 4 heterocycles. The van der Waals surface area contributed by atoms with Crippen LogP contribution in [-0.4, -0.2) is 71.9 Å². The molecule has 0 atom stereocenters. The molecule has 2 fully saturated rings. The van der Waals surface area contributed by atoms with Crippen molar-refractivity contribution >= 4 is 17.8 Å². The minimum atomic E-state index is -0.413. The van der Waals surface area contributed by atoms with E-state index in [0.717, 1.165) is 56.5 Å².